The summed E-state index contributed by atoms with van der Waals surface area (Å²) in [6, 6.07) is 9.28. The van der Waals surface area contributed by atoms with Gasteiger partial charge in [-0.1, -0.05) is 12.1 Å². The number of hydrogen-bond donors (Lipinski definition) is 2. The molecule has 0 unspecified atom stereocenters. The summed E-state index contributed by atoms with van der Waals surface area (Å²) < 4.78 is 36.1. The third-order valence-corrected chi connectivity index (χ3v) is 5.15. The minimum atomic E-state index is -3.92. The van der Waals surface area contributed by atoms with Crippen molar-refractivity contribution in [3.05, 3.63) is 71.2 Å². The van der Waals surface area contributed by atoms with E-state index in [-0.39, 0.29) is 16.2 Å². The van der Waals surface area contributed by atoms with Crippen LogP contribution in [0.5, 0.6) is 0 Å². The van der Waals surface area contributed by atoms with Gasteiger partial charge in [0.2, 0.25) is 10.0 Å². The summed E-state index contributed by atoms with van der Waals surface area (Å²) in [5.74, 6) is -2.53. The van der Waals surface area contributed by atoms with Crippen molar-refractivity contribution < 1.29 is 27.5 Å². The van der Waals surface area contributed by atoms with Crippen LogP contribution in [0.15, 0.2) is 64.8 Å². The molecule has 2 aromatic rings. The number of carbonyl (C=O) groups excluding carboxylic acids is 2. The highest BCUT2D eigenvalue weighted by Crippen LogP contribution is 2.41. The Morgan fingerprint density at radius 2 is 1.67 bits per heavy atom. The van der Waals surface area contributed by atoms with Gasteiger partial charge in [-0.15, -0.1) is 0 Å². The number of halogens is 1. The summed E-state index contributed by atoms with van der Waals surface area (Å²) in [4.78, 5) is 25.6. The highest BCUT2D eigenvalue weighted by Gasteiger charge is 2.43. The number of nitrogens with zero attached hydrogens (tertiary/aromatic N) is 1. The van der Waals surface area contributed by atoms with Gasteiger partial charge in [0.05, 0.1) is 16.5 Å². The standard InChI is InChI=1S/C18H15FN2O5S/c1-10(22)15-16(11-2-4-12(19)5-3-11)21(18(24)17(15)23)13-6-8-14(9-7-13)27(20,25)26/h2-9,16,23H,1H3,(H2,20,25,26)/t16-/m1/s1. The van der Waals surface area contributed by atoms with E-state index in [2.05, 4.69) is 0 Å². The van der Waals surface area contributed by atoms with Crippen molar-refractivity contribution in [3.63, 3.8) is 0 Å². The number of rotatable bonds is 4. The fourth-order valence-corrected chi connectivity index (χ4v) is 3.50. The number of benzene rings is 2. The van der Waals surface area contributed by atoms with Crippen LogP contribution in [0.25, 0.3) is 0 Å². The second kappa shape index (κ2) is 6.60. The second-order valence-corrected chi connectivity index (χ2v) is 7.55. The van der Waals surface area contributed by atoms with Crippen LogP contribution < -0.4 is 10.0 Å². The molecule has 0 spiro atoms. The van der Waals surface area contributed by atoms with Crippen LogP contribution in [0.4, 0.5) is 10.1 Å². The number of Topliss-reactive ketones (excluding diaryl/α,β-unsaturated/α-hetero) is 1. The van der Waals surface area contributed by atoms with Crippen LogP contribution in [-0.4, -0.2) is 25.2 Å². The molecule has 0 saturated heterocycles. The maximum Gasteiger partial charge on any atom is 0.294 e. The van der Waals surface area contributed by atoms with Crippen LogP contribution in [0.1, 0.15) is 18.5 Å². The molecule has 0 fully saturated rings. The summed E-state index contributed by atoms with van der Waals surface area (Å²) >= 11 is 0. The average Bonchev–Trinajstić information content (AvgIpc) is 2.86. The van der Waals surface area contributed by atoms with Crippen molar-refractivity contribution in [1.82, 2.24) is 0 Å². The van der Waals surface area contributed by atoms with Gasteiger partial charge in [0.15, 0.2) is 11.5 Å². The Hall–Kier alpha value is -3.04. The van der Waals surface area contributed by atoms with E-state index < -0.39 is 39.3 Å². The van der Waals surface area contributed by atoms with Crippen molar-refractivity contribution in [3.8, 4) is 0 Å². The minimum absolute atomic E-state index is 0.123. The first-order chi connectivity index (χ1) is 12.6. The van der Waals surface area contributed by atoms with Crippen molar-refractivity contribution in [2.45, 2.75) is 17.9 Å². The highest BCUT2D eigenvalue weighted by molar-refractivity contribution is 7.89. The molecule has 0 radical (unpaired) electrons. The number of aliphatic hydroxyl groups is 1. The first kappa shape index (κ1) is 18.7. The second-order valence-electron chi connectivity index (χ2n) is 5.99. The van der Waals surface area contributed by atoms with Crippen LogP contribution in [0, 0.1) is 5.82 Å². The lowest BCUT2D eigenvalue weighted by Crippen LogP contribution is -2.30. The molecule has 3 N–H and O–H groups in total. The van der Waals surface area contributed by atoms with Crippen LogP contribution >= 0.6 is 0 Å². The molecular weight excluding hydrogens is 375 g/mol. The van der Waals surface area contributed by atoms with Crippen LogP contribution in [0.3, 0.4) is 0 Å². The Morgan fingerprint density at radius 1 is 1.11 bits per heavy atom. The van der Waals surface area contributed by atoms with Gasteiger partial charge in [0.25, 0.3) is 5.91 Å². The van der Waals surface area contributed by atoms with Gasteiger partial charge >= 0.3 is 0 Å². The maximum atomic E-state index is 13.3. The molecule has 0 aliphatic carbocycles. The number of hydrogen-bond acceptors (Lipinski definition) is 5. The summed E-state index contributed by atoms with van der Waals surface area (Å²) in [7, 11) is -3.92. The third kappa shape index (κ3) is 3.34. The normalized spacial score (nSPS) is 17.5. The van der Waals surface area contributed by atoms with Crippen molar-refractivity contribution in [2.24, 2.45) is 5.14 Å². The van der Waals surface area contributed by atoms with E-state index in [0.29, 0.717) is 5.56 Å². The minimum Gasteiger partial charge on any atom is -0.503 e. The van der Waals surface area contributed by atoms with E-state index in [1.807, 2.05) is 0 Å². The van der Waals surface area contributed by atoms with Gasteiger partial charge in [-0.25, -0.2) is 17.9 Å². The van der Waals surface area contributed by atoms with Gasteiger partial charge in [0.1, 0.15) is 5.82 Å². The summed E-state index contributed by atoms with van der Waals surface area (Å²) in [5, 5.41) is 15.3. The molecule has 0 aromatic heterocycles. The smallest absolute Gasteiger partial charge is 0.294 e. The molecule has 9 heteroatoms. The first-order valence-electron chi connectivity index (χ1n) is 7.77. The van der Waals surface area contributed by atoms with E-state index in [1.165, 1.54) is 55.5 Å². The lowest BCUT2D eigenvalue weighted by atomic mass is 9.96. The number of ketones is 1. The monoisotopic (exact) mass is 390 g/mol. The number of anilines is 1. The fourth-order valence-electron chi connectivity index (χ4n) is 2.99. The largest absolute Gasteiger partial charge is 0.503 e. The van der Waals surface area contributed by atoms with Crippen LogP contribution in [-0.2, 0) is 19.6 Å². The number of nitrogens with two attached hydrogens (primary N) is 1. The predicted molar refractivity (Wildman–Crippen MR) is 94.8 cm³/mol. The van der Waals surface area contributed by atoms with Crippen molar-refractivity contribution in [2.75, 3.05) is 4.90 Å². The lowest BCUT2D eigenvalue weighted by Gasteiger charge is -2.26. The molecule has 7 nitrogen and oxygen atoms in total. The summed E-state index contributed by atoms with van der Waals surface area (Å²) in [5.41, 5.74) is 0.529. The molecule has 1 atom stereocenters. The topological polar surface area (TPSA) is 118 Å². The molecule has 3 rings (SSSR count). The number of amides is 1. The maximum absolute atomic E-state index is 13.3. The zero-order chi connectivity index (χ0) is 19.9. The molecule has 0 saturated carbocycles. The first-order valence-corrected chi connectivity index (χ1v) is 9.32. The van der Waals surface area contributed by atoms with Gasteiger partial charge in [-0.2, -0.15) is 0 Å². The van der Waals surface area contributed by atoms with E-state index >= 15 is 0 Å². The van der Waals surface area contributed by atoms with E-state index in [1.54, 1.807) is 0 Å². The summed E-state index contributed by atoms with van der Waals surface area (Å²) in [6.07, 6.45) is 0. The molecular formula is C18H15FN2O5S. The van der Waals surface area contributed by atoms with E-state index in [9.17, 15) is 27.5 Å². The number of sulfonamides is 1. The van der Waals surface area contributed by atoms with E-state index in [0.717, 1.165) is 4.90 Å². The Morgan fingerprint density at radius 3 is 2.15 bits per heavy atom. The molecule has 2 aromatic carbocycles. The molecule has 1 amide bonds. The molecule has 1 aliphatic heterocycles. The van der Waals surface area contributed by atoms with Crippen molar-refractivity contribution >= 4 is 27.4 Å². The molecule has 0 bridgehead atoms. The Kier molecular flexibility index (Phi) is 4.58. The fraction of sp³-hybridized carbons (Fsp3) is 0.111. The number of primary sulfonamides is 1. The third-order valence-electron chi connectivity index (χ3n) is 4.22. The molecule has 1 heterocycles. The molecule has 140 valence electrons. The number of carbonyl (C=O) groups is 2. The lowest BCUT2D eigenvalue weighted by molar-refractivity contribution is -0.117. The molecule has 1 aliphatic rings. The van der Waals surface area contributed by atoms with Gasteiger partial charge in [-0.3, -0.25) is 14.5 Å². The Bertz CT molecular complexity index is 1060. The Labute approximate surface area is 154 Å². The van der Waals surface area contributed by atoms with E-state index in [4.69, 9.17) is 5.14 Å². The number of aliphatic hydroxyl groups excluding tert-OH is 1. The zero-order valence-electron chi connectivity index (χ0n) is 14.1. The van der Waals surface area contributed by atoms with Gasteiger partial charge < -0.3 is 5.11 Å². The van der Waals surface area contributed by atoms with Gasteiger partial charge in [0, 0.05) is 5.69 Å². The van der Waals surface area contributed by atoms with Crippen LogP contribution in [0.2, 0.25) is 0 Å². The zero-order valence-corrected chi connectivity index (χ0v) is 14.9. The highest BCUT2D eigenvalue weighted by atomic mass is 32.2. The average molecular weight is 390 g/mol. The van der Waals surface area contributed by atoms with Crippen molar-refractivity contribution in [1.29, 1.82) is 0 Å². The SMILES string of the molecule is CC(=O)C1=C(O)C(=O)N(c2ccc(S(N)(=O)=O)cc2)[C@@H]1c1ccc(F)cc1. The predicted octanol–water partition coefficient (Wildman–Crippen LogP) is 1.96. The Balaban J connectivity index is 2.14. The summed E-state index contributed by atoms with van der Waals surface area (Å²) in [6.45, 7) is 1.21. The molecule has 27 heavy (non-hydrogen) atoms. The quantitative estimate of drug-likeness (QED) is 0.827. The van der Waals surface area contributed by atoms with Gasteiger partial charge in [-0.05, 0) is 48.9 Å².